The molecule has 0 aromatic heterocycles. The highest BCUT2D eigenvalue weighted by molar-refractivity contribution is 6.34. The van der Waals surface area contributed by atoms with Crippen LogP contribution in [0.2, 0.25) is 0 Å². The average molecular weight is 265 g/mol. The smallest absolute Gasteiger partial charge is 0.184 e. The highest BCUT2D eigenvalue weighted by Crippen LogP contribution is 2.23. The molecule has 0 radical (unpaired) electrons. The molecule has 0 saturated heterocycles. The highest BCUT2D eigenvalue weighted by atomic mass is 35.5. The lowest BCUT2D eigenvalue weighted by Gasteiger charge is -2.10. The third kappa shape index (κ3) is 3.09. The molecule has 0 fully saturated rings. The van der Waals surface area contributed by atoms with Gasteiger partial charge >= 0.3 is 0 Å². The number of alkyl halides is 2. The molecule has 0 spiro atoms. The summed E-state index contributed by atoms with van der Waals surface area (Å²) in [7, 11) is 1.41. The number of carbonyl (C=O) groups is 1. The summed E-state index contributed by atoms with van der Waals surface area (Å²) in [5, 5.41) is -0.756. The van der Waals surface area contributed by atoms with E-state index in [-0.39, 0.29) is 17.2 Å². The Morgan fingerprint density at radius 2 is 2.25 bits per heavy atom. The van der Waals surface area contributed by atoms with Crippen molar-refractivity contribution in [1.29, 1.82) is 0 Å². The van der Waals surface area contributed by atoms with Gasteiger partial charge in [0.15, 0.2) is 5.78 Å². The van der Waals surface area contributed by atoms with Crippen molar-refractivity contribution in [2.24, 2.45) is 0 Å². The molecule has 0 bridgehead atoms. The van der Waals surface area contributed by atoms with Gasteiger partial charge in [0.05, 0.1) is 18.1 Å². The van der Waals surface area contributed by atoms with Gasteiger partial charge in [-0.25, -0.2) is 4.39 Å². The van der Waals surface area contributed by atoms with Gasteiger partial charge in [-0.15, -0.1) is 23.2 Å². The van der Waals surface area contributed by atoms with Crippen molar-refractivity contribution in [2.75, 3.05) is 13.0 Å². The third-order valence-corrected chi connectivity index (χ3v) is 2.71. The first-order valence-corrected chi connectivity index (χ1v) is 5.65. The molecule has 1 unspecified atom stereocenters. The molecule has 1 aromatic rings. The van der Waals surface area contributed by atoms with Gasteiger partial charge in [0.2, 0.25) is 0 Å². The van der Waals surface area contributed by atoms with Crippen LogP contribution in [-0.2, 0) is 0 Å². The van der Waals surface area contributed by atoms with Crippen molar-refractivity contribution in [3.05, 3.63) is 29.6 Å². The predicted octanol–water partition coefficient (Wildman–Crippen LogP) is 3.25. The zero-order chi connectivity index (χ0) is 12.1. The number of ketones is 1. The van der Waals surface area contributed by atoms with Crippen LogP contribution in [0.3, 0.4) is 0 Å². The lowest BCUT2D eigenvalue weighted by Crippen LogP contribution is -2.16. The van der Waals surface area contributed by atoms with Crippen LogP contribution in [0.25, 0.3) is 0 Å². The molecule has 1 aromatic carbocycles. The fraction of sp³-hybridized carbons (Fsp3) is 0.364. The Morgan fingerprint density at radius 1 is 1.56 bits per heavy atom. The Morgan fingerprint density at radius 3 is 2.81 bits per heavy atom. The highest BCUT2D eigenvalue weighted by Gasteiger charge is 2.20. The minimum absolute atomic E-state index is 0.146. The number of ether oxygens (including phenoxy) is 1. The fourth-order valence-electron chi connectivity index (χ4n) is 1.27. The molecular formula is C11H11Cl2FO2. The summed E-state index contributed by atoms with van der Waals surface area (Å²) in [5.41, 5.74) is 0.146. The van der Waals surface area contributed by atoms with Crippen LogP contribution >= 0.6 is 23.2 Å². The quantitative estimate of drug-likeness (QED) is 0.603. The van der Waals surface area contributed by atoms with Gasteiger partial charge in [-0.1, -0.05) is 0 Å². The van der Waals surface area contributed by atoms with Crippen LogP contribution in [0.5, 0.6) is 5.75 Å². The number of benzene rings is 1. The molecule has 2 nitrogen and oxygen atoms in total. The molecule has 0 aliphatic carbocycles. The Hall–Kier alpha value is -0.800. The van der Waals surface area contributed by atoms with E-state index in [9.17, 15) is 9.18 Å². The monoisotopic (exact) mass is 264 g/mol. The molecule has 1 rings (SSSR count). The Bertz CT molecular complexity index is 382. The Labute approximate surface area is 103 Å². The summed E-state index contributed by atoms with van der Waals surface area (Å²) < 4.78 is 18.0. The van der Waals surface area contributed by atoms with Crippen LogP contribution in [0.4, 0.5) is 4.39 Å². The summed E-state index contributed by atoms with van der Waals surface area (Å²) >= 11 is 11.3. The maximum Gasteiger partial charge on any atom is 0.184 e. The van der Waals surface area contributed by atoms with Gasteiger partial charge in [0, 0.05) is 5.88 Å². The molecule has 1 atom stereocenters. The molecule has 5 heteroatoms. The molecule has 0 amide bonds. The number of halogens is 3. The molecule has 0 saturated carbocycles. The molecule has 16 heavy (non-hydrogen) atoms. The van der Waals surface area contributed by atoms with E-state index in [1.807, 2.05) is 0 Å². The second kappa shape index (κ2) is 6.06. The molecule has 0 aliphatic rings. The minimum atomic E-state index is -0.756. The van der Waals surface area contributed by atoms with Crippen LogP contribution in [0.1, 0.15) is 16.8 Å². The second-order valence-electron chi connectivity index (χ2n) is 3.15. The van der Waals surface area contributed by atoms with E-state index >= 15 is 0 Å². The molecular weight excluding hydrogens is 254 g/mol. The fourth-order valence-corrected chi connectivity index (χ4v) is 1.82. The zero-order valence-corrected chi connectivity index (χ0v) is 10.2. The topological polar surface area (TPSA) is 26.3 Å². The number of methoxy groups -OCH3 is 1. The standard InChI is InChI=1S/C11H11Cl2FO2/c1-16-10-3-2-7(14)6-8(10)11(15)9(13)4-5-12/h2-3,6,9H,4-5H2,1H3. The van der Waals surface area contributed by atoms with Gasteiger partial charge < -0.3 is 4.74 Å². The van der Waals surface area contributed by atoms with Crippen molar-refractivity contribution >= 4 is 29.0 Å². The van der Waals surface area contributed by atoms with Crippen molar-refractivity contribution < 1.29 is 13.9 Å². The zero-order valence-electron chi connectivity index (χ0n) is 8.67. The van der Waals surface area contributed by atoms with Gasteiger partial charge in [-0.05, 0) is 24.6 Å². The van der Waals surface area contributed by atoms with Crippen molar-refractivity contribution in [3.8, 4) is 5.75 Å². The maximum absolute atomic E-state index is 13.0. The summed E-state index contributed by atoms with van der Waals surface area (Å²) in [4.78, 5) is 11.8. The van der Waals surface area contributed by atoms with E-state index in [2.05, 4.69) is 0 Å². The van der Waals surface area contributed by atoms with Gasteiger partial charge in [-0.3, -0.25) is 4.79 Å². The van der Waals surface area contributed by atoms with E-state index < -0.39 is 11.2 Å². The number of hydrogen-bond donors (Lipinski definition) is 0. The normalized spacial score (nSPS) is 12.2. The van der Waals surface area contributed by atoms with Crippen molar-refractivity contribution in [3.63, 3.8) is 0 Å². The van der Waals surface area contributed by atoms with Gasteiger partial charge in [-0.2, -0.15) is 0 Å². The van der Waals surface area contributed by atoms with E-state index in [1.54, 1.807) is 0 Å². The number of carbonyl (C=O) groups excluding carboxylic acids is 1. The SMILES string of the molecule is COc1ccc(F)cc1C(=O)C(Cl)CCCl. The first-order chi connectivity index (χ1) is 7.60. The van der Waals surface area contributed by atoms with E-state index in [0.29, 0.717) is 12.2 Å². The average Bonchev–Trinajstić information content (AvgIpc) is 2.28. The summed E-state index contributed by atoms with van der Waals surface area (Å²) in [5.74, 6) is -0.290. The second-order valence-corrected chi connectivity index (χ2v) is 4.06. The van der Waals surface area contributed by atoms with Crippen LogP contribution < -0.4 is 4.74 Å². The Kier molecular flexibility index (Phi) is 5.03. The molecule has 0 N–H and O–H groups in total. The van der Waals surface area contributed by atoms with Crippen LogP contribution in [-0.4, -0.2) is 24.2 Å². The van der Waals surface area contributed by atoms with E-state index in [0.717, 1.165) is 6.07 Å². The Balaban J connectivity index is 3.01. The number of rotatable bonds is 5. The maximum atomic E-state index is 13.0. The predicted molar refractivity (Wildman–Crippen MR) is 62.3 cm³/mol. The lowest BCUT2D eigenvalue weighted by atomic mass is 10.1. The van der Waals surface area contributed by atoms with Gasteiger partial charge in [0.25, 0.3) is 0 Å². The third-order valence-electron chi connectivity index (χ3n) is 2.07. The summed E-state index contributed by atoms with van der Waals surface area (Å²) in [6, 6.07) is 3.73. The minimum Gasteiger partial charge on any atom is -0.496 e. The largest absolute Gasteiger partial charge is 0.496 e. The number of hydrogen-bond acceptors (Lipinski definition) is 2. The number of Topliss-reactive ketones (excluding diaryl/α,β-unsaturated/α-hetero) is 1. The molecule has 0 aliphatic heterocycles. The first-order valence-electron chi connectivity index (χ1n) is 4.68. The molecule has 0 heterocycles. The van der Waals surface area contributed by atoms with Gasteiger partial charge in [0.1, 0.15) is 11.6 Å². The van der Waals surface area contributed by atoms with Crippen molar-refractivity contribution in [1.82, 2.24) is 0 Å². The van der Waals surface area contributed by atoms with E-state index in [4.69, 9.17) is 27.9 Å². The van der Waals surface area contributed by atoms with E-state index in [1.165, 1.54) is 19.2 Å². The lowest BCUT2D eigenvalue weighted by molar-refractivity contribution is 0.0982. The molecule has 88 valence electrons. The first kappa shape index (κ1) is 13.3. The summed E-state index contributed by atoms with van der Waals surface area (Å²) in [6.07, 6.45) is 0.335. The van der Waals surface area contributed by atoms with Crippen molar-refractivity contribution in [2.45, 2.75) is 11.8 Å². The van der Waals surface area contributed by atoms with Crippen LogP contribution in [0.15, 0.2) is 18.2 Å². The summed E-state index contributed by atoms with van der Waals surface area (Å²) in [6.45, 7) is 0. The van der Waals surface area contributed by atoms with Crippen LogP contribution in [0, 0.1) is 5.82 Å².